The molecule has 6 nitrogen and oxygen atoms in total. The number of benzene rings is 1. The smallest absolute Gasteiger partial charge is 0.228 e. The number of nitrogens with zero attached hydrogens (tertiary/aromatic N) is 3. The third kappa shape index (κ3) is 3.92. The molecule has 25 heavy (non-hydrogen) atoms. The van der Waals surface area contributed by atoms with Crippen LogP contribution in [-0.4, -0.2) is 58.0 Å². The van der Waals surface area contributed by atoms with Crippen molar-refractivity contribution in [3.63, 3.8) is 0 Å². The number of aliphatic hydroxyl groups excluding tert-OH is 1. The Bertz CT molecular complexity index is 675. The summed E-state index contributed by atoms with van der Waals surface area (Å²) in [6, 6.07) is 11.0. The van der Waals surface area contributed by atoms with Crippen molar-refractivity contribution in [1.82, 2.24) is 20.4 Å². The molecule has 2 heterocycles. The minimum atomic E-state index is -0.143. The van der Waals surface area contributed by atoms with Gasteiger partial charge in [-0.25, -0.2) is 0 Å². The minimum Gasteiger partial charge on any atom is -0.392 e. The number of aliphatic hydroxyl groups is 1. The summed E-state index contributed by atoms with van der Waals surface area (Å²) in [5.74, 6) is 1.33. The molecule has 1 unspecified atom stereocenters. The van der Waals surface area contributed by atoms with Crippen LogP contribution in [0.2, 0.25) is 0 Å². The summed E-state index contributed by atoms with van der Waals surface area (Å²) in [4.78, 5) is 6.94. The molecule has 0 amide bonds. The van der Waals surface area contributed by atoms with Crippen molar-refractivity contribution in [3.8, 4) is 11.4 Å². The van der Waals surface area contributed by atoms with Gasteiger partial charge in [0, 0.05) is 43.7 Å². The molecule has 1 saturated heterocycles. The first kappa shape index (κ1) is 16.7. The highest BCUT2D eigenvalue weighted by Crippen LogP contribution is 2.27. The first-order valence-corrected chi connectivity index (χ1v) is 9.33. The molecule has 2 fully saturated rings. The average Bonchev–Trinajstić information content (AvgIpc) is 3.36. The average molecular weight is 342 g/mol. The summed E-state index contributed by atoms with van der Waals surface area (Å²) in [5.41, 5.74) is 0.980. The molecule has 0 bridgehead atoms. The van der Waals surface area contributed by atoms with Gasteiger partial charge >= 0.3 is 0 Å². The topological polar surface area (TPSA) is 74.4 Å². The molecule has 6 heteroatoms. The lowest BCUT2D eigenvalue weighted by atomic mass is 10.1. The molecule has 1 aliphatic heterocycles. The van der Waals surface area contributed by atoms with Crippen LogP contribution in [-0.2, 0) is 6.42 Å². The zero-order valence-electron chi connectivity index (χ0n) is 14.5. The Morgan fingerprint density at radius 1 is 1.20 bits per heavy atom. The summed E-state index contributed by atoms with van der Waals surface area (Å²) >= 11 is 0. The molecule has 2 aliphatic rings. The van der Waals surface area contributed by atoms with E-state index in [1.54, 1.807) is 0 Å². The van der Waals surface area contributed by atoms with Gasteiger partial charge < -0.3 is 14.9 Å². The second kappa shape index (κ2) is 7.64. The van der Waals surface area contributed by atoms with E-state index in [9.17, 15) is 5.11 Å². The number of aromatic nitrogens is 2. The Morgan fingerprint density at radius 3 is 2.88 bits per heavy atom. The zero-order chi connectivity index (χ0) is 17.1. The first-order chi connectivity index (χ1) is 12.3. The third-order valence-corrected chi connectivity index (χ3v) is 5.39. The minimum absolute atomic E-state index is 0.143. The Labute approximate surface area is 148 Å². The molecular weight excluding hydrogens is 316 g/mol. The molecule has 1 aromatic carbocycles. The van der Waals surface area contributed by atoms with Crippen molar-refractivity contribution in [1.29, 1.82) is 0 Å². The number of rotatable bonds is 6. The van der Waals surface area contributed by atoms with Crippen molar-refractivity contribution in [3.05, 3.63) is 36.2 Å². The second-order valence-electron chi connectivity index (χ2n) is 7.12. The van der Waals surface area contributed by atoms with E-state index in [4.69, 9.17) is 4.52 Å². The van der Waals surface area contributed by atoms with Crippen molar-refractivity contribution >= 4 is 0 Å². The molecule has 1 aromatic heterocycles. The van der Waals surface area contributed by atoms with E-state index in [-0.39, 0.29) is 6.10 Å². The highest BCUT2D eigenvalue weighted by molar-refractivity contribution is 5.53. The van der Waals surface area contributed by atoms with E-state index in [0.717, 1.165) is 38.0 Å². The lowest BCUT2D eigenvalue weighted by Gasteiger charge is -2.29. The molecular formula is C19H26N4O2. The van der Waals surface area contributed by atoms with Crippen LogP contribution in [0, 0.1) is 0 Å². The second-order valence-corrected chi connectivity index (χ2v) is 7.12. The van der Waals surface area contributed by atoms with E-state index in [1.807, 2.05) is 30.3 Å². The first-order valence-electron chi connectivity index (χ1n) is 9.33. The van der Waals surface area contributed by atoms with Gasteiger partial charge in [-0.05, 0) is 19.3 Å². The van der Waals surface area contributed by atoms with Gasteiger partial charge in [-0.1, -0.05) is 41.9 Å². The molecule has 134 valence electrons. The summed E-state index contributed by atoms with van der Waals surface area (Å²) in [5, 5.41) is 17.5. The van der Waals surface area contributed by atoms with Gasteiger partial charge in [-0.2, -0.15) is 4.98 Å². The molecule has 3 atom stereocenters. The van der Waals surface area contributed by atoms with Crippen LogP contribution in [0.1, 0.15) is 31.6 Å². The van der Waals surface area contributed by atoms with Crippen molar-refractivity contribution in [2.45, 2.75) is 50.3 Å². The lowest BCUT2D eigenvalue weighted by Crippen LogP contribution is -2.46. The number of hydrogen-bond donors (Lipinski definition) is 2. The van der Waals surface area contributed by atoms with E-state index in [1.165, 1.54) is 19.3 Å². The largest absolute Gasteiger partial charge is 0.392 e. The van der Waals surface area contributed by atoms with Crippen LogP contribution in [0.4, 0.5) is 0 Å². The quantitative estimate of drug-likeness (QED) is 0.835. The van der Waals surface area contributed by atoms with Crippen LogP contribution < -0.4 is 5.32 Å². The van der Waals surface area contributed by atoms with Crippen LogP contribution in [0.3, 0.4) is 0 Å². The van der Waals surface area contributed by atoms with E-state index in [2.05, 4.69) is 20.4 Å². The molecule has 1 saturated carbocycles. The number of nitrogens with one attached hydrogen (secondary N) is 1. The molecule has 0 spiro atoms. The van der Waals surface area contributed by atoms with Gasteiger partial charge in [0.15, 0.2) is 0 Å². The van der Waals surface area contributed by atoms with Crippen LogP contribution in [0.5, 0.6) is 0 Å². The van der Waals surface area contributed by atoms with Gasteiger partial charge in [0.2, 0.25) is 11.7 Å². The third-order valence-electron chi connectivity index (χ3n) is 5.39. The molecule has 1 aliphatic carbocycles. The van der Waals surface area contributed by atoms with Crippen molar-refractivity contribution in [2.24, 2.45) is 0 Å². The number of β-amino-alcohol motifs (C(OH)–C–C–N with tert-alkyl or cyclic N) is 1. The standard InChI is InChI=1S/C19H26N4O2/c24-15-10-12-23(13-15)17-8-4-7-16(17)20-11-9-18-21-19(22-25-18)14-5-2-1-3-6-14/h1-3,5-6,15-17,20,24H,4,7-13H2/t15?,16-,17+/m1/s1. The van der Waals surface area contributed by atoms with Gasteiger partial charge in [0.25, 0.3) is 0 Å². The van der Waals surface area contributed by atoms with E-state index in [0.29, 0.717) is 23.8 Å². The van der Waals surface area contributed by atoms with E-state index >= 15 is 0 Å². The Hall–Kier alpha value is -1.76. The fourth-order valence-electron chi connectivity index (χ4n) is 4.11. The van der Waals surface area contributed by atoms with Gasteiger partial charge in [-0.3, -0.25) is 4.90 Å². The maximum absolute atomic E-state index is 9.78. The lowest BCUT2D eigenvalue weighted by molar-refractivity contribution is 0.150. The molecule has 2 aromatic rings. The van der Waals surface area contributed by atoms with E-state index < -0.39 is 0 Å². The number of likely N-dealkylation sites (tertiary alicyclic amines) is 1. The fourth-order valence-corrected chi connectivity index (χ4v) is 4.11. The highest BCUT2D eigenvalue weighted by Gasteiger charge is 2.35. The maximum atomic E-state index is 9.78. The van der Waals surface area contributed by atoms with Crippen LogP contribution >= 0.6 is 0 Å². The predicted octanol–water partition coefficient (Wildman–Crippen LogP) is 1.86. The molecule has 4 rings (SSSR count). The van der Waals surface area contributed by atoms with Crippen molar-refractivity contribution in [2.75, 3.05) is 19.6 Å². The SMILES string of the molecule is OC1CCN([C@H]2CCC[C@H]2NCCc2nc(-c3ccccc3)no2)C1. The Kier molecular flexibility index (Phi) is 5.10. The Morgan fingerprint density at radius 2 is 2.08 bits per heavy atom. The summed E-state index contributed by atoms with van der Waals surface area (Å²) in [6.45, 7) is 2.69. The predicted molar refractivity (Wildman–Crippen MR) is 95.1 cm³/mol. The molecule has 0 radical (unpaired) electrons. The summed E-state index contributed by atoms with van der Waals surface area (Å²) in [6.07, 6.45) is 5.20. The molecule has 2 N–H and O–H groups in total. The number of hydrogen-bond acceptors (Lipinski definition) is 6. The van der Waals surface area contributed by atoms with Gasteiger partial charge in [-0.15, -0.1) is 0 Å². The summed E-state index contributed by atoms with van der Waals surface area (Å²) < 4.78 is 5.38. The fraction of sp³-hybridized carbons (Fsp3) is 0.579. The zero-order valence-corrected chi connectivity index (χ0v) is 14.5. The monoisotopic (exact) mass is 342 g/mol. The Balaban J connectivity index is 1.28. The summed E-state index contributed by atoms with van der Waals surface area (Å²) in [7, 11) is 0. The van der Waals surface area contributed by atoms with Crippen LogP contribution in [0.25, 0.3) is 11.4 Å². The normalized spacial score (nSPS) is 27.2. The van der Waals surface area contributed by atoms with Gasteiger partial charge in [0.1, 0.15) is 0 Å². The highest BCUT2D eigenvalue weighted by atomic mass is 16.5. The van der Waals surface area contributed by atoms with Gasteiger partial charge in [0.05, 0.1) is 6.10 Å². The van der Waals surface area contributed by atoms with Crippen LogP contribution in [0.15, 0.2) is 34.9 Å². The maximum Gasteiger partial charge on any atom is 0.228 e. The van der Waals surface area contributed by atoms with Crippen molar-refractivity contribution < 1.29 is 9.63 Å².